The van der Waals surface area contributed by atoms with Gasteiger partial charge in [0.2, 0.25) is 0 Å². The zero-order chi connectivity index (χ0) is 17.0. The molecule has 0 aliphatic rings. The Kier molecular flexibility index (Phi) is 4.85. The van der Waals surface area contributed by atoms with Crippen molar-refractivity contribution in [3.05, 3.63) is 56.9 Å². The smallest absolute Gasteiger partial charge is 0.269 e. The van der Waals surface area contributed by atoms with E-state index < -0.39 is 10.8 Å². The first-order chi connectivity index (χ1) is 10.9. The van der Waals surface area contributed by atoms with E-state index in [4.69, 9.17) is 0 Å². The number of carbonyl (C=O) groups is 1. The van der Waals surface area contributed by atoms with Crippen LogP contribution in [0.3, 0.4) is 0 Å². The monoisotopic (exact) mass is 315 g/mol. The largest absolute Gasteiger partial charge is 0.273 e. The minimum Gasteiger partial charge on any atom is -0.269 e. The Morgan fingerprint density at radius 1 is 1.48 bits per heavy atom. The van der Waals surface area contributed by atoms with Gasteiger partial charge >= 0.3 is 0 Å². The Morgan fingerprint density at radius 2 is 2.22 bits per heavy atom. The highest BCUT2D eigenvalue weighted by Gasteiger charge is 2.14. The molecule has 0 unspecified atom stereocenters. The van der Waals surface area contributed by atoms with Crippen LogP contribution in [-0.4, -0.2) is 26.8 Å². The number of hydrogen-bond acceptors (Lipinski definition) is 5. The van der Waals surface area contributed by atoms with Gasteiger partial charge in [0.05, 0.1) is 17.3 Å². The van der Waals surface area contributed by atoms with E-state index in [0.717, 1.165) is 17.8 Å². The minimum atomic E-state index is -0.516. The van der Waals surface area contributed by atoms with E-state index in [2.05, 4.69) is 15.6 Å². The highest BCUT2D eigenvalue weighted by Crippen LogP contribution is 2.19. The number of hydrogen-bond donors (Lipinski definition) is 1. The molecule has 8 nitrogen and oxygen atoms in total. The fourth-order valence-electron chi connectivity index (χ4n) is 2.08. The lowest BCUT2D eigenvalue weighted by atomic mass is 10.1. The Hall–Kier alpha value is -3.03. The number of rotatable bonds is 5. The molecule has 0 saturated heterocycles. The van der Waals surface area contributed by atoms with Crippen LogP contribution < -0.4 is 5.43 Å². The van der Waals surface area contributed by atoms with Gasteiger partial charge in [0.25, 0.3) is 11.6 Å². The third-order valence-electron chi connectivity index (χ3n) is 3.48. The quantitative estimate of drug-likeness (QED) is 0.519. The number of nitrogens with one attached hydrogen (secondary N) is 1. The Bertz CT molecular complexity index is 779. The van der Waals surface area contributed by atoms with E-state index in [0.29, 0.717) is 5.56 Å². The van der Waals surface area contributed by atoms with Crippen LogP contribution in [0.5, 0.6) is 0 Å². The summed E-state index contributed by atoms with van der Waals surface area (Å²) in [7, 11) is 0. The third-order valence-corrected chi connectivity index (χ3v) is 3.48. The van der Waals surface area contributed by atoms with Crippen LogP contribution in [0.15, 0.2) is 29.5 Å². The molecule has 0 spiro atoms. The average Bonchev–Trinajstić information content (AvgIpc) is 2.87. The number of nitro groups is 1. The van der Waals surface area contributed by atoms with E-state index >= 15 is 0 Å². The highest BCUT2D eigenvalue weighted by molar-refractivity contribution is 5.95. The van der Waals surface area contributed by atoms with Gasteiger partial charge in [-0.15, -0.1) is 0 Å². The second-order valence-corrected chi connectivity index (χ2v) is 4.96. The molecule has 0 fully saturated rings. The predicted octanol–water partition coefficient (Wildman–Crippen LogP) is 2.19. The summed E-state index contributed by atoms with van der Waals surface area (Å²) in [5, 5.41) is 18.9. The van der Waals surface area contributed by atoms with E-state index in [1.54, 1.807) is 13.1 Å². The van der Waals surface area contributed by atoms with Crippen molar-refractivity contribution in [2.45, 2.75) is 27.3 Å². The van der Waals surface area contributed by atoms with Crippen molar-refractivity contribution in [3.63, 3.8) is 0 Å². The normalized spacial score (nSPS) is 10.9. The molecule has 0 atom stereocenters. The molecule has 2 rings (SSSR count). The van der Waals surface area contributed by atoms with E-state index in [9.17, 15) is 14.9 Å². The number of aryl methyl sites for hydroxylation is 2. The van der Waals surface area contributed by atoms with Gasteiger partial charge in [0.15, 0.2) is 0 Å². The van der Waals surface area contributed by atoms with Crippen molar-refractivity contribution in [3.8, 4) is 0 Å². The van der Waals surface area contributed by atoms with Gasteiger partial charge in [-0.1, -0.05) is 6.07 Å². The molecule has 1 aromatic heterocycles. The lowest BCUT2D eigenvalue weighted by Gasteiger charge is -2.02. The van der Waals surface area contributed by atoms with Crippen LogP contribution in [0.25, 0.3) is 0 Å². The molecule has 8 heteroatoms. The van der Waals surface area contributed by atoms with Gasteiger partial charge in [-0.25, -0.2) is 5.43 Å². The van der Waals surface area contributed by atoms with Crippen LogP contribution in [0.1, 0.15) is 34.1 Å². The van der Waals surface area contributed by atoms with Crippen molar-refractivity contribution in [1.82, 2.24) is 15.2 Å². The molecule has 120 valence electrons. The van der Waals surface area contributed by atoms with Gasteiger partial charge in [0.1, 0.15) is 0 Å². The van der Waals surface area contributed by atoms with Crippen molar-refractivity contribution < 1.29 is 9.72 Å². The molecule has 1 amide bonds. The van der Waals surface area contributed by atoms with Crippen molar-refractivity contribution in [2.75, 3.05) is 0 Å². The summed E-state index contributed by atoms with van der Waals surface area (Å²) >= 11 is 0. The lowest BCUT2D eigenvalue weighted by Crippen LogP contribution is -2.18. The number of hydrazone groups is 1. The summed E-state index contributed by atoms with van der Waals surface area (Å²) < 4.78 is 1.81. The molecule has 1 N–H and O–H groups in total. The maximum absolute atomic E-state index is 12.0. The lowest BCUT2D eigenvalue weighted by molar-refractivity contribution is -0.385. The number of benzene rings is 1. The van der Waals surface area contributed by atoms with E-state index in [-0.39, 0.29) is 11.3 Å². The Labute approximate surface area is 133 Å². The molecular formula is C15H17N5O3. The zero-order valence-electron chi connectivity index (χ0n) is 13.1. The van der Waals surface area contributed by atoms with Crippen molar-refractivity contribution >= 4 is 17.8 Å². The number of amides is 1. The summed E-state index contributed by atoms with van der Waals surface area (Å²) in [5.74, 6) is -0.509. The molecular weight excluding hydrogens is 298 g/mol. The third kappa shape index (κ3) is 3.60. The van der Waals surface area contributed by atoms with Crippen LogP contribution >= 0.6 is 0 Å². The van der Waals surface area contributed by atoms with Crippen LogP contribution in [0.4, 0.5) is 5.69 Å². The van der Waals surface area contributed by atoms with Crippen LogP contribution in [0, 0.1) is 24.0 Å². The number of aromatic nitrogens is 2. The fourth-order valence-corrected chi connectivity index (χ4v) is 2.08. The maximum atomic E-state index is 12.0. The maximum Gasteiger partial charge on any atom is 0.273 e. The van der Waals surface area contributed by atoms with Gasteiger partial charge < -0.3 is 0 Å². The Balaban J connectivity index is 2.10. The molecule has 0 radical (unpaired) electrons. The summed E-state index contributed by atoms with van der Waals surface area (Å²) in [6.45, 7) is 6.25. The van der Waals surface area contributed by atoms with Crippen LogP contribution in [0.2, 0.25) is 0 Å². The second-order valence-electron chi connectivity index (χ2n) is 4.96. The first-order valence-corrected chi connectivity index (χ1v) is 7.05. The average molecular weight is 315 g/mol. The molecule has 0 saturated carbocycles. The minimum absolute atomic E-state index is 0.0957. The topological polar surface area (TPSA) is 102 Å². The molecule has 2 aromatic rings. The van der Waals surface area contributed by atoms with E-state index in [1.165, 1.54) is 24.4 Å². The SMILES string of the molecule is CCn1ncc(C=NNC(=O)c2ccc(C)c([N+](=O)[O-])c2)c1C. The van der Waals surface area contributed by atoms with Crippen LogP contribution in [-0.2, 0) is 6.54 Å². The summed E-state index contributed by atoms with van der Waals surface area (Å²) in [6, 6.07) is 4.29. The van der Waals surface area contributed by atoms with Crippen molar-refractivity contribution in [2.24, 2.45) is 5.10 Å². The van der Waals surface area contributed by atoms with Gasteiger partial charge in [0, 0.05) is 35.0 Å². The fraction of sp³-hybridized carbons (Fsp3) is 0.267. The van der Waals surface area contributed by atoms with E-state index in [1.807, 2.05) is 18.5 Å². The summed E-state index contributed by atoms with van der Waals surface area (Å²) in [4.78, 5) is 22.4. The van der Waals surface area contributed by atoms with Gasteiger partial charge in [-0.05, 0) is 26.8 Å². The molecule has 0 bridgehead atoms. The van der Waals surface area contributed by atoms with Gasteiger partial charge in [-0.3, -0.25) is 19.6 Å². The second kappa shape index (κ2) is 6.82. The molecule has 0 aliphatic carbocycles. The van der Waals surface area contributed by atoms with Crippen molar-refractivity contribution in [1.29, 1.82) is 0 Å². The zero-order valence-corrected chi connectivity index (χ0v) is 13.1. The summed E-state index contributed by atoms with van der Waals surface area (Å²) in [6.07, 6.45) is 3.15. The standard InChI is InChI=1S/C15H17N5O3/c1-4-19-11(3)13(9-17-19)8-16-18-15(21)12-6-5-10(2)14(7-12)20(22)23/h5-9H,4H2,1-3H3,(H,18,21). The predicted molar refractivity (Wildman–Crippen MR) is 85.5 cm³/mol. The molecule has 0 aliphatic heterocycles. The highest BCUT2D eigenvalue weighted by atomic mass is 16.6. The molecule has 1 aromatic carbocycles. The first-order valence-electron chi connectivity index (χ1n) is 7.05. The Morgan fingerprint density at radius 3 is 2.83 bits per heavy atom. The number of nitrogens with zero attached hydrogens (tertiary/aromatic N) is 4. The molecule has 1 heterocycles. The number of nitro benzene ring substituents is 1. The van der Waals surface area contributed by atoms with Gasteiger partial charge in [-0.2, -0.15) is 10.2 Å². The number of carbonyl (C=O) groups excluding carboxylic acids is 1. The first kappa shape index (κ1) is 16.3. The molecule has 23 heavy (non-hydrogen) atoms. The summed E-state index contributed by atoms with van der Waals surface area (Å²) in [5.41, 5.74) is 4.68.